The molecule has 4 fully saturated rings. The summed E-state index contributed by atoms with van der Waals surface area (Å²) in [6.45, 7) is 11.5. The van der Waals surface area contributed by atoms with Gasteiger partial charge in [-0.1, -0.05) is 20.8 Å². The molecular weight excluding hydrogens is 742 g/mol. The van der Waals surface area contributed by atoms with Crippen molar-refractivity contribution in [3.8, 4) is 5.75 Å². The van der Waals surface area contributed by atoms with Gasteiger partial charge < -0.3 is 24.8 Å². The first-order valence-corrected chi connectivity index (χ1v) is 20.0. The molecule has 0 saturated carbocycles. The summed E-state index contributed by atoms with van der Waals surface area (Å²) in [4.78, 5) is 31.0. The van der Waals surface area contributed by atoms with Crippen LogP contribution < -0.4 is 15.4 Å². The van der Waals surface area contributed by atoms with Gasteiger partial charge in [0.05, 0.1) is 49.1 Å². The number of halogens is 6. The summed E-state index contributed by atoms with van der Waals surface area (Å²) in [7, 11) is 1.28. The Balaban J connectivity index is 0.000000214. The Labute approximate surface area is 325 Å². The van der Waals surface area contributed by atoms with Crippen LogP contribution in [0.4, 0.5) is 26.3 Å². The number of amides is 2. The van der Waals surface area contributed by atoms with Crippen LogP contribution >= 0.6 is 0 Å². The zero-order valence-corrected chi connectivity index (χ0v) is 32.8. The largest absolute Gasteiger partial charge is 0.496 e. The maximum atomic E-state index is 13.2. The average Bonchev–Trinajstić information content (AvgIpc) is 3.93. The lowest BCUT2D eigenvalue weighted by molar-refractivity contribution is -0.138. The number of hydrogen-bond donors (Lipinski definition) is 2. The molecule has 312 valence electrons. The third-order valence-corrected chi connectivity index (χ3v) is 11.4. The van der Waals surface area contributed by atoms with Gasteiger partial charge in [-0.15, -0.1) is 0 Å². The molecule has 6 rings (SSSR count). The van der Waals surface area contributed by atoms with Gasteiger partial charge in [0.2, 0.25) is 0 Å². The topological polar surface area (TPSA) is 92.4 Å². The Bertz CT molecular complexity index is 1470. The van der Waals surface area contributed by atoms with Gasteiger partial charge in [-0.25, -0.2) is 0 Å². The molecule has 4 atom stereocenters. The Morgan fingerprint density at radius 2 is 1.04 bits per heavy atom. The standard InChI is InChI=1S/C21H29F3N2O2.C20H27F3N2O3/c1-3-14-11-16(21(22,23)24)12-15(4-2)19(14)20(27)25-17-13-28-10-7-18(17)26-8-5-6-9-26;1-3-13-10-14(20(21,22)23)11-17(27-2)18(13)19(26)24-15-12-28-9-6-16(15)25-7-4-5-8-25/h11-12,17-18H,3-10,13H2,1-2H3,(H,25,27);10-11,15-16H,3-9,12H2,1-2H3,(H,24,26). The number of alkyl halides is 6. The maximum absolute atomic E-state index is 13.2. The van der Waals surface area contributed by atoms with E-state index < -0.39 is 29.4 Å². The van der Waals surface area contributed by atoms with Gasteiger partial charge in [-0.3, -0.25) is 19.4 Å². The van der Waals surface area contributed by atoms with Crippen LogP contribution in [-0.2, 0) is 41.1 Å². The highest BCUT2D eigenvalue weighted by Crippen LogP contribution is 2.36. The van der Waals surface area contributed by atoms with Crippen LogP contribution in [0.2, 0.25) is 0 Å². The van der Waals surface area contributed by atoms with Crippen molar-refractivity contribution < 1.29 is 50.1 Å². The molecule has 4 heterocycles. The van der Waals surface area contributed by atoms with Gasteiger partial charge in [0.1, 0.15) is 5.75 Å². The molecule has 4 aliphatic rings. The SMILES string of the molecule is CCc1cc(C(F)(F)F)cc(CC)c1C(=O)NC1COCCC1N1CCCC1.CCc1cc(C(F)(F)F)cc(OC)c1C(=O)NC1COCCC1N1CCCC1. The van der Waals surface area contributed by atoms with Crippen LogP contribution in [0.1, 0.15) is 108 Å². The van der Waals surface area contributed by atoms with Crippen molar-refractivity contribution in [2.45, 2.75) is 115 Å². The number of rotatable bonds is 10. The summed E-state index contributed by atoms with van der Waals surface area (Å²) in [6, 6.07) is 4.23. The molecule has 4 aliphatic heterocycles. The number of nitrogens with one attached hydrogen (secondary N) is 2. The van der Waals surface area contributed by atoms with Crippen LogP contribution in [0.5, 0.6) is 5.75 Å². The van der Waals surface area contributed by atoms with E-state index in [4.69, 9.17) is 14.2 Å². The van der Waals surface area contributed by atoms with E-state index in [0.29, 0.717) is 67.9 Å². The van der Waals surface area contributed by atoms with Gasteiger partial charge >= 0.3 is 12.4 Å². The van der Waals surface area contributed by atoms with Crippen molar-refractivity contribution in [1.29, 1.82) is 0 Å². The number of carbonyl (C=O) groups is 2. The molecule has 2 amide bonds. The highest BCUT2D eigenvalue weighted by atomic mass is 19.4. The van der Waals surface area contributed by atoms with Crippen molar-refractivity contribution in [1.82, 2.24) is 20.4 Å². The summed E-state index contributed by atoms with van der Waals surface area (Å²) in [6.07, 6.45) is -1.57. The number of hydrogen-bond acceptors (Lipinski definition) is 7. The monoisotopic (exact) mass is 798 g/mol. The van der Waals surface area contributed by atoms with E-state index in [1.807, 2.05) is 0 Å². The van der Waals surface area contributed by atoms with Crippen LogP contribution in [-0.4, -0.2) is 105 Å². The fourth-order valence-electron chi connectivity index (χ4n) is 8.55. The quantitative estimate of drug-likeness (QED) is 0.249. The fraction of sp³-hybridized carbons (Fsp3) is 0.659. The molecule has 0 aliphatic carbocycles. The lowest BCUT2D eigenvalue weighted by Gasteiger charge is -2.38. The first kappa shape index (κ1) is 43.7. The molecule has 2 N–H and O–H groups in total. The fourth-order valence-corrected chi connectivity index (χ4v) is 8.55. The van der Waals surface area contributed by atoms with Crippen LogP contribution in [0.25, 0.3) is 0 Å². The Kier molecular flexibility index (Phi) is 15.1. The second kappa shape index (κ2) is 19.4. The molecular formula is C41H56F6N4O5. The second-order valence-corrected chi connectivity index (χ2v) is 14.9. The predicted octanol–water partition coefficient (Wildman–Crippen LogP) is 7.07. The minimum absolute atomic E-state index is 0.0568. The van der Waals surface area contributed by atoms with Crippen LogP contribution in [0, 0.1) is 0 Å². The smallest absolute Gasteiger partial charge is 0.416 e. The normalized spacial score (nSPS) is 23.7. The van der Waals surface area contributed by atoms with E-state index >= 15 is 0 Å². The molecule has 0 aromatic heterocycles. The van der Waals surface area contributed by atoms with Gasteiger partial charge in [-0.05, 0) is 125 Å². The van der Waals surface area contributed by atoms with Crippen LogP contribution in [0.3, 0.4) is 0 Å². The van der Waals surface area contributed by atoms with Crippen molar-refractivity contribution in [2.75, 3.05) is 59.7 Å². The van der Waals surface area contributed by atoms with Gasteiger partial charge in [0.25, 0.3) is 11.8 Å². The molecule has 0 radical (unpaired) electrons. The lowest BCUT2D eigenvalue weighted by Crippen LogP contribution is -2.56. The van der Waals surface area contributed by atoms with Gasteiger partial charge in [-0.2, -0.15) is 26.3 Å². The number of nitrogens with zero attached hydrogens (tertiary/aromatic N) is 2. The van der Waals surface area contributed by atoms with Gasteiger partial charge in [0.15, 0.2) is 0 Å². The molecule has 4 unspecified atom stereocenters. The Morgan fingerprint density at radius 3 is 1.41 bits per heavy atom. The number of likely N-dealkylation sites (tertiary alicyclic amines) is 2. The number of ether oxygens (including phenoxy) is 3. The first-order valence-electron chi connectivity index (χ1n) is 20.0. The zero-order valence-electron chi connectivity index (χ0n) is 32.8. The first-order chi connectivity index (χ1) is 26.7. The Morgan fingerprint density at radius 1 is 0.661 bits per heavy atom. The Hall–Kier alpha value is -3.40. The highest BCUT2D eigenvalue weighted by molar-refractivity contribution is 5.99. The third-order valence-electron chi connectivity index (χ3n) is 11.4. The second-order valence-electron chi connectivity index (χ2n) is 14.9. The summed E-state index contributed by atoms with van der Waals surface area (Å²) in [5.74, 6) is -0.761. The van der Waals surface area contributed by atoms with Crippen molar-refractivity contribution in [3.63, 3.8) is 0 Å². The van der Waals surface area contributed by atoms with E-state index in [9.17, 15) is 35.9 Å². The summed E-state index contributed by atoms with van der Waals surface area (Å²) in [5.41, 5.74) is 0.269. The summed E-state index contributed by atoms with van der Waals surface area (Å²) >= 11 is 0. The molecule has 15 heteroatoms. The molecule has 2 aromatic rings. The van der Waals surface area contributed by atoms with E-state index in [-0.39, 0.29) is 41.4 Å². The minimum Gasteiger partial charge on any atom is -0.496 e. The van der Waals surface area contributed by atoms with E-state index in [0.717, 1.165) is 89.0 Å². The highest BCUT2D eigenvalue weighted by Gasteiger charge is 2.38. The molecule has 4 saturated heterocycles. The molecule has 2 aromatic carbocycles. The molecule has 0 bridgehead atoms. The van der Waals surface area contributed by atoms with E-state index in [1.54, 1.807) is 20.8 Å². The van der Waals surface area contributed by atoms with Crippen molar-refractivity contribution in [2.24, 2.45) is 0 Å². The minimum atomic E-state index is -4.50. The number of methoxy groups -OCH3 is 1. The van der Waals surface area contributed by atoms with Crippen LogP contribution in [0.15, 0.2) is 24.3 Å². The molecule has 9 nitrogen and oxygen atoms in total. The zero-order chi connectivity index (χ0) is 40.6. The average molecular weight is 799 g/mol. The van der Waals surface area contributed by atoms with Gasteiger partial charge in [0, 0.05) is 30.9 Å². The predicted molar refractivity (Wildman–Crippen MR) is 200 cm³/mol. The third kappa shape index (κ3) is 10.6. The summed E-state index contributed by atoms with van der Waals surface area (Å²) in [5, 5.41) is 6.09. The van der Waals surface area contributed by atoms with E-state index in [2.05, 4.69) is 20.4 Å². The number of carbonyl (C=O) groups excluding carboxylic acids is 2. The maximum Gasteiger partial charge on any atom is 0.416 e. The van der Waals surface area contributed by atoms with Crippen molar-refractivity contribution >= 4 is 11.8 Å². The molecule has 0 spiro atoms. The number of aryl methyl sites for hydroxylation is 3. The summed E-state index contributed by atoms with van der Waals surface area (Å²) < 4.78 is 95.5. The number of benzene rings is 2. The van der Waals surface area contributed by atoms with E-state index in [1.165, 1.54) is 7.11 Å². The molecule has 56 heavy (non-hydrogen) atoms. The van der Waals surface area contributed by atoms with Crippen molar-refractivity contribution in [3.05, 3.63) is 63.2 Å². The lowest BCUT2D eigenvalue weighted by atomic mass is 9.93.